The monoisotopic (exact) mass is 917 g/mol. The molecule has 0 spiro atoms. The minimum Gasteiger partial charge on any atom is -0.462 e. The lowest BCUT2D eigenvalue weighted by molar-refractivity contribution is -0.166. The van der Waals surface area contributed by atoms with Crippen molar-refractivity contribution in [1.82, 2.24) is 0 Å². The smallest absolute Gasteiger partial charge is 0.306 e. The second-order valence-electron chi connectivity index (χ2n) is 17.8. The van der Waals surface area contributed by atoms with Gasteiger partial charge in [-0.3, -0.25) is 14.4 Å². The Kier molecular flexibility index (Phi) is 50.9. The summed E-state index contributed by atoms with van der Waals surface area (Å²) >= 11 is 0. The number of hydrogen-bond donors (Lipinski definition) is 0. The maximum absolute atomic E-state index is 12.8. The summed E-state index contributed by atoms with van der Waals surface area (Å²) in [6.45, 7) is 6.49. The van der Waals surface area contributed by atoms with Crippen LogP contribution in [0.1, 0.15) is 245 Å². The third-order valence-electron chi connectivity index (χ3n) is 11.4. The van der Waals surface area contributed by atoms with Gasteiger partial charge in [0.05, 0.1) is 0 Å². The lowest BCUT2D eigenvalue weighted by atomic mass is 10.1. The van der Waals surface area contributed by atoms with Gasteiger partial charge in [0.15, 0.2) is 6.10 Å². The molecule has 0 aliphatic rings. The molecule has 1 unspecified atom stereocenters. The van der Waals surface area contributed by atoms with Crippen molar-refractivity contribution in [1.29, 1.82) is 0 Å². The highest BCUT2D eigenvalue weighted by molar-refractivity contribution is 5.71. The molecule has 0 rings (SSSR count). The zero-order valence-electron chi connectivity index (χ0n) is 42.9. The van der Waals surface area contributed by atoms with Crippen LogP contribution in [0.5, 0.6) is 0 Å². The first-order valence-corrected chi connectivity index (χ1v) is 27.3. The molecule has 0 aliphatic carbocycles. The standard InChI is InChI=1S/C60H100O6/c1-4-7-10-13-16-19-22-25-27-29-31-32-35-38-41-44-47-50-53-59(62)65-56-57(55-64-58(61)52-49-46-43-40-37-34-24-21-18-15-12-9-6-3)66-60(63)54-51-48-45-42-39-36-33-30-28-26-23-20-17-14-11-8-5-2/h22,25-29,31-34,36-37,42-43,45-46,57H,4-21,23-24,30,35,38-41,44,47-56H2,1-3H3/b25-22-,28-26-,29-27-,32-31-,36-33-,37-34-,45-42-,46-43-. The summed E-state index contributed by atoms with van der Waals surface area (Å²) in [6, 6.07) is 0. The summed E-state index contributed by atoms with van der Waals surface area (Å²) < 4.78 is 16.7. The summed E-state index contributed by atoms with van der Waals surface area (Å²) in [6.07, 6.45) is 71.2. The van der Waals surface area contributed by atoms with Crippen molar-refractivity contribution in [2.45, 2.75) is 252 Å². The van der Waals surface area contributed by atoms with Gasteiger partial charge in [0.1, 0.15) is 13.2 Å². The van der Waals surface area contributed by atoms with Gasteiger partial charge in [-0.25, -0.2) is 0 Å². The zero-order valence-corrected chi connectivity index (χ0v) is 42.9. The molecular weight excluding hydrogens is 817 g/mol. The number of carbonyl (C=O) groups excluding carboxylic acids is 3. The fraction of sp³-hybridized carbons (Fsp3) is 0.683. The number of ether oxygens (including phenoxy) is 3. The molecular formula is C60H100O6. The van der Waals surface area contributed by atoms with Gasteiger partial charge in [0.2, 0.25) is 0 Å². The Morgan fingerprint density at radius 1 is 0.318 bits per heavy atom. The molecule has 6 nitrogen and oxygen atoms in total. The number of allylic oxidation sites excluding steroid dienone is 16. The Bertz CT molecular complexity index is 1330. The van der Waals surface area contributed by atoms with E-state index in [0.29, 0.717) is 19.3 Å². The topological polar surface area (TPSA) is 78.9 Å². The van der Waals surface area contributed by atoms with Crippen molar-refractivity contribution in [2.24, 2.45) is 0 Å². The molecule has 66 heavy (non-hydrogen) atoms. The van der Waals surface area contributed by atoms with Crippen molar-refractivity contribution in [3.63, 3.8) is 0 Å². The second-order valence-corrected chi connectivity index (χ2v) is 17.8. The van der Waals surface area contributed by atoms with Gasteiger partial charge in [0.25, 0.3) is 0 Å². The fourth-order valence-electron chi connectivity index (χ4n) is 7.22. The SMILES string of the molecule is CCCCCCC\C=C/C=C\C=C/CCCCCCCC(=O)OCC(COC(=O)CC/C=C\C/C=C\CCCCCCCC)OC(=O)CCC/C=C\C/C=C\C/C=C\CCCCCCCC. The lowest BCUT2D eigenvalue weighted by Gasteiger charge is -2.18. The predicted molar refractivity (Wildman–Crippen MR) is 284 cm³/mol. The Labute approximate surface area is 407 Å². The molecule has 0 heterocycles. The first-order chi connectivity index (χ1) is 32.5. The summed E-state index contributed by atoms with van der Waals surface area (Å²) in [5, 5.41) is 0. The van der Waals surface area contributed by atoms with E-state index in [4.69, 9.17) is 14.2 Å². The van der Waals surface area contributed by atoms with Crippen LogP contribution >= 0.6 is 0 Å². The van der Waals surface area contributed by atoms with Crippen LogP contribution in [-0.2, 0) is 28.6 Å². The molecule has 0 aliphatic heterocycles. The van der Waals surface area contributed by atoms with E-state index in [9.17, 15) is 14.4 Å². The molecule has 0 saturated carbocycles. The molecule has 0 N–H and O–H groups in total. The second kappa shape index (κ2) is 53.9. The number of rotatable bonds is 48. The molecule has 0 saturated heterocycles. The van der Waals surface area contributed by atoms with Crippen molar-refractivity contribution in [3.8, 4) is 0 Å². The third kappa shape index (κ3) is 51.3. The van der Waals surface area contributed by atoms with E-state index in [1.807, 2.05) is 6.08 Å². The quantitative estimate of drug-likeness (QED) is 0.0199. The summed E-state index contributed by atoms with van der Waals surface area (Å²) in [5.41, 5.74) is 0. The van der Waals surface area contributed by atoms with E-state index in [-0.39, 0.29) is 44.0 Å². The molecule has 0 bridgehead atoms. The maximum atomic E-state index is 12.8. The highest BCUT2D eigenvalue weighted by Gasteiger charge is 2.19. The van der Waals surface area contributed by atoms with Gasteiger partial charge in [0, 0.05) is 19.3 Å². The van der Waals surface area contributed by atoms with Gasteiger partial charge in [-0.2, -0.15) is 0 Å². The van der Waals surface area contributed by atoms with E-state index in [1.165, 1.54) is 116 Å². The minimum absolute atomic E-state index is 0.126. The molecule has 0 amide bonds. The third-order valence-corrected chi connectivity index (χ3v) is 11.4. The number of carbonyl (C=O) groups is 3. The largest absolute Gasteiger partial charge is 0.462 e. The van der Waals surface area contributed by atoms with Crippen molar-refractivity contribution >= 4 is 17.9 Å². The zero-order chi connectivity index (χ0) is 47.9. The average Bonchev–Trinajstić information content (AvgIpc) is 3.31. The summed E-state index contributed by atoms with van der Waals surface area (Å²) in [4.78, 5) is 38.0. The average molecular weight is 917 g/mol. The van der Waals surface area contributed by atoms with Crippen LogP contribution in [-0.4, -0.2) is 37.2 Å². The van der Waals surface area contributed by atoms with Gasteiger partial charge in [-0.15, -0.1) is 0 Å². The maximum Gasteiger partial charge on any atom is 0.306 e. The Morgan fingerprint density at radius 3 is 1.11 bits per heavy atom. The summed E-state index contributed by atoms with van der Waals surface area (Å²) in [7, 11) is 0. The Hall–Kier alpha value is -3.67. The highest BCUT2D eigenvalue weighted by Crippen LogP contribution is 2.12. The highest BCUT2D eigenvalue weighted by atomic mass is 16.6. The van der Waals surface area contributed by atoms with Crippen molar-refractivity contribution in [3.05, 3.63) is 97.2 Å². The van der Waals surface area contributed by atoms with Crippen LogP contribution in [0.3, 0.4) is 0 Å². The normalized spacial score (nSPS) is 12.8. The van der Waals surface area contributed by atoms with Gasteiger partial charge in [-0.05, 0) is 96.3 Å². The van der Waals surface area contributed by atoms with E-state index in [0.717, 1.165) is 77.0 Å². The van der Waals surface area contributed by atoms with Crippen LogP contribution in [0.2, 0.25) is 0 Å². The Balaban J connectivity index is 4.56. The number of esters is 3. The molecule has 0 fully saturated rings. The number of hydrogen-bond acceptors (Lipinski definition) is 6. The van der Waals surface area contributed by atoms with Crippen LogP contribution < -0.4 is 0 Å². The van der Waals surface area contributed by atoms with Gasteiger partial charge < -0.3 is 14.2 Å². The molecule has 0 aromatic carbocycles. The summed E-state index contributed by atoms with van der Waals surface area (Å²) in [5.74, 6) is -1.07. The predicted octanol–water partition coefficient (Wildman–Crippen LogP) is 18.1. The van der Waals surface area contributed by atoms with Crippen LogP contribution in [0, 0.1) is 0 Å². The number of unbranched alkanes of at least 4 members (excludes halogenated alkanes) is 23. The van der Waals surface area contributed by atoms with Crippen LogP contribution in [0.25, 0.3) is 0 Å². The van der Waals surface area contributed by atoms with Crippen molar-refractivity contribution in [2.75, 3.05) is 13.2 Å². The molecule has 0 aromatic heterocycles. The van der Waals surface area contributed by atoms with Gasteiger partial charge in [-0.1, -0.05) is 227 Å². The molecule has 6 heteroatoms. The minimum atomic E-state index is -0.836. The Morgan fingerprint density at radius 2 is 0.652 bits per heavy atom. The van der Waals surface area contributed by atoms with E-state index >= 15 is 0 Å². The van der Waals surface area contributed by atoms with E-state index < -0.39 is 6.10 Å². The van der Waals surface area contributed by atoms with Crippen LogP contribution in [0.4, 0.5) is 0 Å². The first-order valence-electron chi connectivity index (χ1n) is 27.3. The molecule has 376 valence electrons. The van der Waals surface area contributed by atoms with E-state index in [1.54, 1.807) is 0 Å². The van der Waals surface area contributed by atoms with Crippen LogP contribution in [0.15, 0.2) is 97.2 Å². The fourth-order valence-corrected chi connectivity index (χ4v) is 7.22. The molecule has 0 radical (unpaired) electrons. The molecule has 1 atom stereocenters. The van der Waals surface area contributed by atoms with Crippen molar-refractivity contribution < 1.29 is 28.6 Å². The molecule has 0 aromatic rings. The lowest BCUT2D eigenvalue weighted by Crippen LogP contribution is -2.30. The first kappa shape index (κ1) is 62.3. The van der Waals surface area contributed by atoms with Gasteiger partial charge >= 0.3 is 17.9 Å². The van der Waals surface area contributed by atoms with E-state index in [2.05, 4.69) is 112 Å².